The van der Waals surface area contributed by atoms with Gasteiger partial charge in [-0.15, -0.1) is 0 Å². The number of unbranched alkanes of at least 4 members (excludes halogenated alkanes) is 1. The zero-order valence-electron chi connectivity index (χ0n) is 17.4. The van der Waals surface area contributed by atoms with Crippen LogP contribution < -0.4 is 27.0 Å². The number of quaternary nitrogens is 1. The Morgan fingerprint density at radius 2 is 1.92 bits per heavy atom. The Morgan fingerprint density at radius 3 is 2.54 bits per heavy atom. The predicted molar refractivity (Wildman–Crippen MR) is 105 cm³/mol. The number of likely N-dealkylation sites (N-methyl/N-ethyl adjacent to an activating group) is 1. The molecule has 0 spiro atoms. The van der Waals surface area contributed by atoms with Gasteiger partial charge in [0.2, 0.25) is 0 Å². The van der Waals surface area contributed by atoms with Crippen molar-refractivity contribution in [3.8, 4) is 5.75 Å². The lowest BCUT2D eigenvalue weighted by atomic mass is 10.0. The first-order valence-electron chi connectivity index (χ1n) is 9.57. The van der Waals surface area contributed by atoms with E-state index in [9.17, 15) is 4.79 Å². The van der Waals surface area contributed by atoms with Gasteiger partial charge in [0.15, 0.2) is 6.54 Å². The van der Waals surface area contributed by atoms with Crippen molar-refractivity contribution in [3.63, 3.8) is 0 Å². The summed E-state index contributed by atoms with van der Waals surface area (Å²) in [6.07, 6.45) is 3.04. The van der Waals surface area contributed by atoms with E-state index < -0.39 is 0 Å². The van der Waals surface area contributed by atoms with Crippen LogP contribution in [-0.4, -0.2) is 50.7 Å². The van der Waals surface area contributed by atoms with Crippen LogP contribution in [0.25, 0.3) is 0 Å². The molecule has 0 aliphatic carbocycles. The largest absolute Gasteiger partial charge is 1.00 e. The molecule has 0 bridgehead atoms. The molecule has 0 fully saturated rings. The topological polar surface area (TPSA) is 38.3 Å². The summed E-state index contributed by atoms with van der Waals surface area (Å²) in [7, 11) is 4.23. The maximum Gasteiger partial charge on any atom is 0.275 e. The number of ether oxygens (including phenoxy) is 1. The van der Waals surface area contributed by atoms with Crippen LogP contribution in [0.5, 0.6) is 5.75 Å². The van der Waals surface area contributed by atoms with E-state index in [-0.39, 0.29) is 22.9 Å². The molecule has 0 radical (unpaired) electrons. The molecule has 0 aliphatic rings. The van der Waals surface area contributed by atoms with E-state index in [1.165, 1.54) is 11.1 Å². The minimum absolute atomic E-state index is 0. The third-order valence-electron chi connectivity index (χ3n) is 4.44. The van der Waals surface area contributed by atoms with Gasteiger partial charge in [-0.05, 0) is 49.3 Å². The summed E-state index contributed by atoms with van der Waals surface area (Å²) >= 11 is 0. The maximum atomic E-state index is 11.9. The van der Waals surface area contributed by atoms with Crippen LogP contribution in [0.15, 0.2) is 18.2 Å². The minimum Gasteiger partial charge on any atom is -1.00 e. The molecule has 0 aromatic heterocycles. The van der Waals surface area contributed by atoms with Gasteiger partial charge in [-0.2, -0.15) is 0 Å². The number of rotatable bonds is 11. The van der Waals surface area contributed by atoms with Crippen molar-refractivity contribution in [1.29, 1.82) is 0 Å². The fraction of sp³-hybridized carbons (Fsp3) is 0.667. The first kappa shape index (κ1) is 24.9. The van der Waals surface area contributed by atoms with E-state index in [4.69, 9.17) is 4.74 Å². The van der Waals surface area contributed by atoms with Crippen molar-refractivity contribution in [2.24, 2.45) is 0 Å². The summed E-state index contributed by atoms with van der Waals surface area (Å²) in [5.41, 5.74) is 2.50. The summed E-state index contributed by atoms with van der Waals surface area (Å²) in [5.74, 6) is 1.66. The number of nitrogens with one attached hydrogen (secondary N) is 1. The fourth-order valence-electron chi connectivity index (χ4n) is 2.74. The number of halogens is 1. The van der Waals surface area contributed by atoms with Gasteiger partial charge < -0.3 is 31.5 Å². The Hall–Kier alpha value is -1.07. The number of hydrogen-bond acceptors (Lipinski definition) is 2. The van der Waals surface area contributed by atoms with Gasteiger partial charge in [-0.25, -0.2) is 0 Å². The van der Waals surface area contributed by atoms with E-state index >= 15 is 0 Å². The molecule has 0 heterocycles. The highest BCUT2D eigenvalue weighted by molar-refractivity contribution is 5.76. The predicted octanol–water partition coefficient (Wildman–Crippen LogP) is 0.884. The van der Waals surface area contributed by atoms with Crippen molar-refractivity contribution >= 4 is 5.91 Å². The molecule has 0 saturated carbocycles. The number of aryl methyl sites for hydroxylation is 1. The second-order valence-electron chi connectivity index (χ2n) is 7.90. The normalized spacial score (nSPS) is 11.2. The molecule has 5 heteroatoms. The smallest absolute Gasteiger partial charge is 0.275 e. The minimum atomic E-state index is 0. The fourth-order valence-corrected chi connectivity index (χ4v) is 2.74. The Bertz CT molecular complexity index is 545. The highest BCUT2D eigenvalue weighted by atomic mass is 79.9. The molecule has 1 N–H and O–H groups in total. The summed E-state index contributed by atoms with van der Waals surface area (Å²) in [6.45, 7) is 11.6. The van der Waals surface area contributed by atoms with Crippen molar-refractivity contribution in [2.75, 3.05) is 40.3 Å². The van der Waals surface area contributed by atoms with Crippen LogP contribution in [-0.2, 0) is 4.79 Å². The molecule has 0 atom stereocenters. The quantitative estimate of drug-likeness (QED) is 0.419. The van der Waals surface area contributed by atoms with Crippen molar-refractivity contribution < 1.29 is 31.0 Å². The van der Waals surface area contributed by atoms with Gasteiger partial charge in [-0.3, -0.25) is 4.79 Å². The first-order valence-corrected chi connectivity index (χ1v) is 9.57. The molecule has 0 aliphatic heterocycles. The SMILES string of the molecule is CCCNC(=O)C[N+](C)(C)CCCCOc1cc(C(C)C)ccc1C.[Br-]. The van der Waals surface area contributed by atoms with Crippen LogP contribution in [0.2, 0.25) is 0 Å². The third kappa shape index (κ3) is 9.58. The summed E-state index contributed by atoms with van der Waals surface area (Å²) in [4.78, 5) is 11.9. The van der Waals surface area contributed by atoms with Crippen molar-refractivity contribution in [3.05, 3.63) is 29.3 Å². The second-order valence-corrected chi connectivity index (χ2v) is 7.90. The lowest BCUT2D eigenvalue weighted by Crippen LogP contribution is -3.00. The van der Waals surface area contributed by atoms with E-state index in [1.807, 2.05) is 0 Å². The summed E-state index contributed by atoms with van der Waals surface area (Å²) < 4.78 is 6.71. The van der Waals surface area contributed by atoms with E-state index in [1.54, 1.807) is 0 Å². The molecule has 0 saturated heterocycles. The molecule has 1 amide bonds. The molecule has 1 aromatic carbocycles. The van der Waals surface area contributed by atoms with Crippen LogP contribution in [0, 0.1) is 6.92 Å². The van der Waals surface area contributed by atoms with Crippen LogP contribution in [0.4, 0.5) is 0 Å². The third-order valence-corrected chi connectivity index (χ3v) is 4.44. The maximum absolute atomic E-state index is 11.9. The van der Waals surface area contributed by atoms with Crippen LogP contribution in [0.3, 0.4) is 0 Å². The zero-order chi connectivity index (χ0) is 18.9. The molecule has 1 rings (SSSR count). The number of hydrogen-bond donors (Lipinski definition) is 1. The molecular formula is C21H37BrN2O2. The van der Waals surface area contributed by atoms with Crippen LogP contribution >= 0.6 is 0 Å². The van der Waals surface area contributed by atoms with Gasteiger partial charge in [0.25, 0.3) is 5.91 Å². The Labute approximate surface area is 170 Å². The molecule has 1 aromatic rings. The molecule has 4 nitrogen and oxygen atoms in total. The lowest BCUT2D eigenvalue weighted by Gasteiger charge is -2.29. The first-order chi connectivity index (χ1) is 11.7. The monoisotopic (exact) mass is 428 g/mol. The highest BCUT2D eigenvalue weighted by Gasteiger charge is 2.19. The van der Waals surface area contributed by atoms with Crippen molar-refractivity contribution in [1.82, 2.24) is 5.32 Å². The number of benzene rings is 1. The van der Waals surface area contributed by atoms with E-state index in [0.717, 1.165) is 49.2 Å². The molecule has 150 valence electrons. The van der Waals surface area contributed by atoms with Gasteiger partial charge in [0, 0.05) is 6.54 Å². The average Bonchev–Trinajstić information content (AvgIpc) is 2.53. The molecular weight excluding hydrogens is 392 g/mol. The molecule has 26 heavy (non-hydrogen) atoms. The Balaban J connectivity index is 0.00000625. The summed E-state index contributed by atoms with van der Waals surface area (Å²) in [6, 6.07) is 6.48. The van der Waals surface area contributed by atoms with E-state index in [2.05, 4.69) is 65.3 Å². The van der Waals surface area contributed by atoms with Crippen molar-refractivity contribution in [2.45, 2.75) is 52.9 Å². The lowest BCUT2D eigenvalue weighted by molar-refractivity contribution is -0.882. The number of carbonyl (C=O) groups excluding carboxylic acids is 1. The van der Waals surface area contributed by atoms with E-state index in [0.29, 0.717) is 12.5 Å². The van der Waals surface area contributed by atoms with Gasteiger partial charge in [0.1, 0.15) is 5.75 Å². The Morgan fingerprint density at radius 1 is 1.23 bits per heavy atom. The second kappa shape index (κ2) is 12.3. The van der Waals surface area contributed by atoms with Gasteiger partial charge in [-0.1, -0.05) is 32.9 Å². The number of amides is 1. The highest BCUT2D eigenvalue weighted by Crippen LogP contribution is 2.24. The van der Waals surface area contributed by atoms with Gasteiger partial charge in [0.05, 0.1) is 27.2 Å². The number of carbonyl (C=O) groups is 1. The zero-order valence-corrected chi connectivity index (χ0v) is 19.0. The average molecular weight is 429 g/mol. The van der Waals surface area contributed by atoms with Crippen LogP contribution in [0.1, 0.15) is 57.1 Å². The standard InChI is InChI=1S/C21H36N2O2.BrH/c1-7-12-22-21(24)16-23(5,6)13-8-9-14-25-20-15-19(17(2)3)11-10-18(20)4;/h10-11,15,17H,7-9,12-14,16H2,1-6H3;1H. The van der Waals surface area contributed by atoms with Gasteiger partial charge >= 0.3 is 0 Å². The summed E-state index contributed by atoms with van der Waals surface area (Å²) in [5, 5.41) is 2.95. The number of nitrogens with zero attached hydrogens (tertiary/aromatic N) is 1. The Kier molecular flexibility index (Phi) is 11.8. The molecule has 0 unspecified atom stereocenters.